The number of hydrogen-bond donors (Lipinski definition) is 2. The van der Waals surface area contributed by atoms with Gasteiger partial charge in [-0.2, -0.15) is 0 Å². The molecule has 0 heterocycles. The molecule has 0 bridgehead atoms. The smallest absolute Gasteiger partial charge is 0.138 e. The lowest BCUT2D eigenvalue weighted by molar-refractivity contribution is 0.146. The van der Waals surface area contributed by atoms with E-state index < -0.39 is 11.5 Å². The van der Waals surface area contributed by atoms with Crippen LogP contribution in [0, 0.1) is 12.7 Å². The Morgan fingerprint density at radius 1 is 1.22 bits per heavy atom. The Balaban J connectivity index is 2.16. The number of anilines is 2. The zero-order valence-corrected chi connectivity index (χ0v) is 19.5. The van der Waals surface area contributed by atoms with Crippen LogP contribution in [0.4, 0.5) is 25.8 Å². The summed E-state index contributed by atoms with van der Waals surface area (Å²) in [5.74, 6) is -0.110. The maximum Gasteiger partial charge on any atom is 0.138 e. The van der Waals surface area contributed by atoms with Crippen LogP contribution >= 0.6 is 0 Å². The van der Waals surface area contributed by atoms with Gasteiger partial charge in [-0.05, 0) is 57.9 Å². The molecule has 2 aromatic carbocycles. The van der Waals surface area contributed by atoms with Crippen molar-refractivity contribution in [2.24, 2.45) is 4.99 Å². The second kappa shape index (κ2) is 11.6. The Labute approximate surface area is 189 Å². The van der Waals surface area contributed by atoms with Crippen LogP contribution in [-0.4, -0.2) is 38.8 Å². The van der Waals surface area contributed by atoms with Crippen LogP contribution in [0.25, 0.3) is 5.70 Å². The third-order valence-corrected chi connectivity index (χ3v) is 4.73. The van der Waals surface area contributed by atoms with Crippen molar-refractivity contribution in [1.29, 1.82) is 0 Å². The normalized spacial score (nSPS) is 11.6. The van der Waals surface area contributed by atoms with Crippen molar-refractivity contribution in [3.05, 3.63) is 53.9 Å². The monoisotopic (exact) mass is 445 g/mol. The van der Waals surface area contributed by atoms with Gasteiger partial charge in [-0.15, -0.1) is 0 Å². The summed E-state index contributed by atoms with van der Waals surface area (Å²) in [4.78, 5) is 4.29. The quantitative estimate of drug-likeness (QED) is 0.289. The van der Waals surface area contributed by atoms with Gasteiger partial charge in [-0.1, -0.05) is 6.58 Å². The fourth-order valence-electron chi connectivity index (χ4n) is 3.10. The third kappa shape index (κ3) is 7.64. The number of halogens is 2. The lowest BCUT2D eigenvalue weighted by atomic mass is 10.1. The molecule has 7 heteroatoms. The molecule has 2 N–H and O–H groups in total. The fourth-order valence-corrected chi connectivity index (χ4v) is 3.10. The number of aryl methyl sites for hydroxylation is 1. The molecular weight excluding hydrogens is 412 g/mol. The molecular formula is C25H33F2N3O2. The molecule has 32 heavy (non-hydrogen) atoms. The van der Waals surface area contributed by atoms with Crippen molar-refractivity contribution < 1.29 is 18.3 Å². The van der Waals surface area contributed by atoms with E-state index in [9.17, 15) is 8.78 Å². The molecule has 0 fully saturated rings. The first-order valence-corrected chi connectivity index (χ1v) is 10.6. The molecule has 0 atom stereocenters. The van der Waals surface area contributed by atoms with Crippen molar-refractivity contribution in [3.8, 4) is 5.75 Å². The number of alkyl halides is 1. The minimum atomic E-state index is -1.22. The zero-order valence-electron chi connectivity index (χ0n) is 19.5. The second-order valence-electron chi connectivity index (χ2n) is 8.06. The summed E-state index contributed by atoms with van der Waals surface area (Å²) in [7, 11) is 1.57. The highest BCUT2D eigenvalue weighted by Gasteiger charge is 2.16. The number of rotatable bonds is 12. The summed E-state index contributed by atoms with van der Waals surface area (Å²) >= 11 is 0. The van der Waals surface area contributed by atoms with Crippen molar-refractivity contribution in [2.45, 2.75) is 39.8 Å². The number of nitrogens with zero attached hydrogens (tertiary/aromatic N) is 1. The standard InChI is InChI=1S/C25H33F2N3O2/c1-7-28-23-16-20(32-13-12-31-6)15-21(26)24(23)18(3)30-19-8-9-22(17(2)14-19)29-11-10-25(4,5)27/h7-9,14-16,29-30H,3,10-13H2,1-2,4-6H3. The van der Waals surface area contributed by atoms with Gasteiger partial charge >= 0.3 is 0 Å². The van der Waals surface area contributed by atoms with Gasteiger partial charge in [0.2, 0.25) is 0 Å². The van der Waals surface area contributed by atoms with Crippen molar-refractivity contribution >= 4 is 29.0 Å². The second-order valence-corrected chi connectivity index (χ2v) is 8.06. The lowest BCUT2D eigenvalue weighted by Crippen LogP contribution is -2.17. The maximum atomic E-state index is 14.9. The van der Waals surface area contributed by atoms with E-state index in [-0.39, 0.29) is 5.56 Å². The SMILES string of the molecule is C=C(Nc1ccc(NCCC(C)(C)F)c(C)c1)c1c(F)cc(OCCOC)cc1N=CC. The van der Waals surface area contributed by atoms with Gasteiger partial charge in [-0.3, -0.25) is 4.99 Å². The van der Waals surface area contributed by atoms with Crippen molar-refractivity contribution in [1.82, 2.24) is 0 Å². The fraction of sp³-hybridized carbons (Fsp3) is 0.400. The van der Waals surface area contributed by atoms with E-state index in [4.69, 9.17) is 9.47 Å². The number of methoxy groups -OCH3 is 1. The number of ether oxygens (including phenoxy) is 2. The van der Waals surface area contributed by atoms with Crippen LogP contribution < -0.4 is 15.4 Å². The topological polar surface area (TPSA) is 54.9 Å². The molecule has 0 aromatic heterocycles. The van der Waals surface area contributed by atoms with E-state index in [1.807, 2.05) is 25.1 Å². The van der Waals surface area contributed by atoms with E-state index in [1.54, 1.807) is 40.2 Å². The van der Waals surface area contributed by atoms with Crippen LogP contribution in [0.3, 0.4) is 0 Å². The van der Waals surface area contributed by atoms with Crippen LogP contribution in [0.1, 0.15) is 38.3 Å². The average Bonchev–Trinajstić information content (AvgIpc) is 2.69. The van der Waals surface area contributed by atoms with Gasteiger partial charge in [0.25, 0.3) is 0 Å². The predicted molar refractivity (Wildman–Crippen MR) is 130 cm³/mol. The van der Waals surface area contributed by atoms with E-state index in [1.165, 1.54) is 6.07 Å². The highest BCUT2D eigenvalue weighted by Crippen LogP contribution is 2.34. The molecule has 0 aliphatic carbocycles. The third-order valence-electron chi connectivity index (χ3n) is 4.73. The Morgan fingerprint density at radius 3 is 2.59 bits per heavy atom. The number of hydrogen-bond acceptors (Lipinski definition) is 5. The molecule has 5 nitrogen and oxygen atoms in total. The highest BCUT2D eigenvalue weighted by molar-refractivity contribution is 5.84. The first kappa shape index (κ1) is 25.3. The van der Waals surface area contributed by atoms with Crippen LogP contribution in [0.5, 0.6) is 5.75 Å². The van der Waals surface area contributed by atoms with Gasteiger partial charge in [0.1, 0.15) is 23.8 Å². The largest absolute Gasteiger partial charge is 0.491 e. The number of nitrogens with one attached hydrogen (secondary N) is 2. The van der Waals surface area contributed by atoms with Crippen molar-refractivity contribution in [2.75, 3.05) is 37.5 Å². The zero-order chi connectivity index (χ0) is 23.7. The lowest BCUT2D eigenvalue weighted by Gasteiger charge is -2.18. The van der Waals surface area contributed by atoms with Gasteiger partial charge in [0.15, 0.2) is 0 Å². The average molecular weight is 446 g/mol. The number of benzene rings is 2. The van der Waals surface area contributed by atoms with E-state index >= 15 is 0 Å². The Morgan fingerprint density at radius 2 is 1.97 bits per heavy atom. The summed E-state index contributed by atoms with van der Waals surface area (Å²) in [5.41, 5.74) is 2.52. The summed E-state index contributed by atoms with van der Waals surface area (Å²) in [5, 5.41) is 6.41. The Kier molecular flexibility index (Phi) is 9.20. The minimum absolute atomic E-state index is 0.271. The first-order valence-electron chi connectivity index (χ1n) is 10.6. The van der Waals surface area contributed by atoms with Crippen LogP contribution in [0.15, 0.2) is 41.9 Å². The van der Waals surface area contributed by atoms with E-state index in [2.05, 4.69) is 22.2 Å². The van der Waals surface area contributed by atoms with E-state index in [0.717, 1.165) is 16.9 Å². The highest BCUT2D eigenvalue weighted by atomic mass is 19.1. The minimum Gasteiger partial charge on any atom is -0.491 e. The van der Waals surface area contributed by atoms with Gasteiger partial charge in [0.05, 0.1) is 17.9 Å². The first-order chi connectivity index (χ1) is 15.1. The molecule has 0 saturated carbocycles. The van der Waals surface area contributed by atoms with E-state index in [0.29, 0.717) is 43.3 Å². The molecule has 0 amide bonds. The maximum absolute atomic E-state index is 14.9. The molecule has 2 aromatic rings. The number of aliphatic imine (C=N–C) groups is 1. The molecule has 0 aliphatic heterocycles. The van der Waals surface area contributed by atoms with Crippen LogP contribution in [0.2, 0.25) is 0 Å². The van der Waals surface area contributed by atoms with Gasteiger partial charge in [0, 0.05) is 49.1 Å². The Hall–Kier alpha value is -2.93. The molecule has 0 unspecified atom stereocenters. The van der Waals surface area contributed by atoms with Gasteiger partial charge in [-0.25, -0.2) is 8.78 Å². The van der Waals surface area contributed by atoms with Gasteiger partial charge < -0.3 is 20.1 Å². The molecule has 0 saturated heterocycles. The summed E-state index contributed by atoms with van der Waals surface area (Å²) in [6.45, 7) is 12.1. The molecule has 2 rings (SSSR count). The Bertz CT molecular complexity index is 953. The molecule has 0 radical (unpaired) electrons. The van der Waals surface area contributed by atoms with Crippen LogP contribution in [-0.2, 0) is 4.74 Å². The molecule has 0 spiro atoms. The van der Waals surface area contributed by atoms with Crippen molar-refractivity contribution in [3.63, 3.8) is 0 Å². The predicted octanol–water partition coefficient (Wildman–Crippen LogP) is 6.51. The summed E-state index contributed by atoms with van der Waals surface area (Å²) in [6, 6.07) is 8.69. The summed E-state index contributed by atoms with van der Waals surface area (Å²) < 4.78 is 39.1. The molecule has 0 aliphatic rings. The molecule has 174 valence electrons. The summed E-state index contributed by atoms with van der Waals surface area (Å²) in [6.07, 6.45) is 2.00.